The molecule has 12 heteroatoms. The van der Waals surface area contributed by atoms with Crippen molar-refractivity contribution < 1.29 is 4.79 Å². The van der Waals surface area contributed by atoms with Crippen LogP contribution >= 0.6 is 11.8 Å². The molecule has 0 spiro atoms. The number of benzene rings is 1. The lowest BCUT2D eigenvalue weighted by Crippen LogP contribution is -2.45. The monoisotopic (exact) mass is 554 g/mol. The minimum absolute atomic E-state index is 0.265. The number of rotatable bonds is 8. The Morgan fingerprint density at radius 3 is 2.85 bits per heavy atom. The standard InChI is InChI=1S/C28H30N10OS/c39-27(33-25-18-37(21-8-4-9-21)34-28(25)40-19-20-6-2-1-3-7-20)22-16-31-36-14-10-23(32-26(22)36)24-17-35(15-12-29-24)38-13-5-11-30-38/h1-3,6-7,10,12,14,16-18,21,30H,4-5,8-9,11,13,15,19H2,(H,33,39). The van der Waals surface area contributed by atoms with Gasteiger partial charge in [-0.05, 0) is 37.3 Å². The number of hydrogen-bond acceptors (Lipinski definition) is 9. The van der Waals surface area contributed by atoms with E-state index in [1.54, 1.807) is 22.5 Å². The number of aromatic nitrogens is 5. The molecule has 1 saturated heterocycles. The zero-order valence-corrected chi connectivity index (χ0v) is 22.8. The van der Waals surface area contributed by atoms with Crippen molar-refractivity contribution in [1.82, 2.24) is 39.9 Å². The van der Waals surface area contributed by atoms with Crippen LogP contribution in [0.5, 0.6) is 0 Å². The van der Waals surface area contributed by atoms with Gasteiger partial charge in [-0.3, -0.25) is 19.5 Å². The molecule has 3 aliphatic rings. The minimum atomic E-state index is -0.265. The SMILES string of the molecule is O=C(Nc1cn(C2CCC2)nc1SCc1ccccc1)c1cnn2ccc(C3=CN(N4CCCN4)CC=N3)nc12. The average molecular weight is 555 g/mol. The molecule has 40 heavy (non-hydrogen) atoms. The third kappa shape index (κ3) is 5.01. The van der Waals surface area contributed by atoms with E-state index in [4.69, 9.17) is 10.1 Å². The molecular weight excluding hydrogens is 524 g/mol. The number of hydrogen-bond donors (Lipinski definition) is 2. The van der Waals surface area contributed by atoms with Gasteiger partial charge in [-0.2, -0.15) is 15.3 Å². The van der Waals surface area contributed by atoms with E-state index in [2.05, 4.69) is 43.1 Å². The molecule has 7 rings (SSSR count). The molecule has 1 aromatic carbocycles. The lowest BCUT2D eigenvalue weighted by molar-refractivity contribution is 0.0155. The van der Waals surface area contributed by atoms with Crippen molar-refractivity contribution in [1.29, 1.82) is 0 Å². The Labute approximate surface area is 235 Å². The Kier molecular flexibility index (Phi) is 6.80. The van der Waals surface area contributed by atoms with E-state index in [0.29, 0.717) is 35.2 Å². The van der Waals surface area contributed by atoms with Gasteiger partial charge in [-0.1, -0.05) is 42.1 Å². The van der Waals surface area contributed by atoms with Crippen molar-refractivity contribution in [3.05, 3.63) is 78.0 Å². The van der Waals surface area contributed by atoms with Crippen LogP contribution in [0.2, 0.25) is 0 Å². The molecule has 0 unspecified atom stereocenters. The molecule has 1 amide bonds. The number of fused-ring (bicyclic) bond motifs is 1. The fourth-order valence-corrected chi connectivity index (χ4v) is 5.89. The van der Waals surface area contributed by atoms with E-state index >= 15 is 0 Å². The molecule has 5 heterocycles. The lowest BCUT2D eigenvalue weighted by Gasteiger charge is -2.31. The molecule has 0 atom stereocenters. The van der Waals surface area contributed by atoms with Gasteiger partial charge >= 0.3 is 0 Å². The van der Waals surface area contributed by atoms with Crippen LogP contribution in [0, 0.1) is 0 Å². The molecule has 3 aromatic heterocycles. The smallest absolute Gasteiger partial charge is 0.261 e. The predicted molar refractivity (Wildman–Crippen MR) is 155 cm³/mol. The van der Waals surface area contributed by atoms with E-state index in [1.807, 2.05) is 53.8 Å². The number of nitrogens with zero attached hydrogens (tertiary/aromatic N) is 8. The number of carbonyl (C=O) groups is 1. The first-order chi connectivity index (χ1) is 19.7. The predicted octanol–water partition coefficient (Wildman–Crippen LogP) is 4.01. The Morgan fingerprint density at radius 2 is 2.05 bits per heavy atom. The zero-order chi connectivity index (χ0) is 26.9. The molecule has 4 aromatic rings. The van der Waals surface area contributed by atoms with Gasteiger partial charge in [-0.15, -0.1) is 0 Å². The average Bonchev–Trinajstić information content (AvgIpc) is 3.72. The summed E-state index contributed by atoms with van der Waals surface area (Å²) in [5, 5.41) is 17.3. The number of aliphatic imine (C=N–C) groups is 1. The maximum absolute atomic E-state index is 13.6. The van der Waals surface area contributed by atoms with Gasteiger partial charge in [0.1, 0.15) is 16.3 Å². The molecule has 11 nitrogen and oxygen atoms in total. The summed E-state index contributed by atoms with van der Waals surface area (Å²) in [7, 11) is 0. The number of hydrazine groups is 2. The summed E-state index contributed by atoms with van der Waals surface area (Å²) >= 11 is 1.63. The highest BCUT2D eigenvalue weighted by atomic mass is 32.2. The molecule has 204 valence electrons. The van der Waals surface area contributed by atoms with Crippen molar-refractivity contribution in [3.8, 4) is 0 Å². The summed E-state index contributed by atoms with van der Waals surface area (Å²) in [6, 6.07) is 12.5. The van der Waals surface area contributed by atoms with Gasteiger partial charge in [0.05, 0.1) is 36.4 Å². The topological polar surface area (TPSA) is 108 Å². The molecule has 2 aliphatic heterocycles. The van der Waals surface area contributed by atoms with E-state index < -0.39 is 0 Å². The highest BCUT2D eigenvalue weighted by Crippen LogP contribution is 2.36. The number of thioether (sulfide) groups is 1. The van der Waals surface area contributed by atoms with Gasteiger partial charge in [0.15, 0.2) is 5.65 Å². The van der Waals surface area contributed by atoms with Crippen molar-refractivity contribution in [2.75, 3.05) is 25.0 Å². The Bertz CT molecular complexity index is 1580. The zero-order valence-electron chi connectivity index (χ0n) is 22.0. The van der Waals surface area contributed by atoms with Crippen LogP contribution in [0.1, 0.15) is 53.3 Å². The van der Waals surface area contributed by atoms with Crippen LogP contribution in [0.15, 0.2) is 71.2 Å². The highest BCUT2D eigenvalue weighted by molar-refractivity contribution is 7.98. The minimum Gasteiger partial charge on any atom is -0.318 e. The molecule has 1 saturated carbocycles. The Hall–Kier alpha value is -4.00. The van der Waals surface area contributed by atoms with Gasteiger partial charge in [0, 0.05) is 37.5 Å². The molecule has 0 radical (unpaired) electrons. The van der Waals surface area contributed by atoms with Gasteiger partial charge in [0.25, 0.3) is 5.91 Å². The molecular formula is C28H30N10OS. The second-order valence-electron chi connectivity index (χ2n) is 10.1. The first-order valence-electron chi connectivity index (χ1n) is 13.7. The van der Waals surface area contributed by atoms with Crippen LogP contribution in [-0.2, 0) is 5.75 Å². The maximum Gasteiger partial charge on any atom is 0.261 e. The van der Waals surface area contributed by atoms with E-state index in [-0.39, 0.29) is 5.91 Å². The van der Waals surface area contributed by atoms with Crippen LogP contribution in [0.4, 0.5) is 5.69 Å². The van der Waals surface area contributed by atoms with E-state index in [0.717, 1.165) is 48.8 Å². The van der Waals surface area contributed by atoms with Crippen LogP contribution in [0.3, 0.4) is 0 Å². The maximum atomic E-state index is 13.6. The van der Waals surface area contributed by atoms with Crippen LogP contribution < -0.4 is 10.7 Å². The lowest BCUT2D eigenvalue weighted by atomic mass is 9.93. The van der Waals surface area contributed by atoms with Crippen molar-refractivity contribution >= 4 is 40.9 Å². The number of amides is 1. The largest absolute Gasteiger partial charge is 0.318 e. The van der Waals surface area contributed by atoms with Gasteiger partial charge in [-0.25, -0.2) is 14.9 Å². The Balaban J connectivity index is 1.14. The number of anilines is 1. The van der Waals surface area contributed by atoms with Crippen molar-refractivity contribution in [2.45, 2.75) is 42.5 Å². The quantitative estimate of drug-likeness (QED) is 0.315. The molecule has 1 aliphatic carbocycles. The first-order valence-corrected chi connectivity index (χ1v) is 14.6. The molecule has 0 bridgehead atoms. The fourth-order valence-electron chi connectivity index (χ4n) is 4.98. The second kappa shape index (κ2) is 10.9. The highest BCUT2D eigenvalue weighted by Gasteiger charge is 2.25. The fraction of sp³-hybridized carbons (Fsp3) is 0.321. The van der Waals surface area contributed by atoms with Crippen molar-refractivity contribution in [2.24, 2.45) is 4.99 Å². The summed E-state index contributed by atoms with van der Waals surface area (Å²) in [6.45, 7) is 2.60. The van der Waals surface area contributed by atoms with Crippen LogP contribution in [-0.4, -0.2) is 66.3 Å². The second-order valence-corrected chi connectivity index (χ2v) is 11.1. The number of carbonyl (C=O) groups excluding carboxylic acids is 1. The molecule has 2 fully saturated rings. The summed E-state index contributed by atoms with van der Waals surface area (Å²) in [5.41, 5.74) is 7.58. The Morgan fingerprint density at radius 1 is 1.15 bits per heavy atom. The number of nitrogens with one attached hydrogen (secondary N) is 2. The summed E-state index contributed by atoms with van der Waals surface area (Å²) in [5.74, 6) is 0.505. The normalized spacial score (nSPS) is 17.8. The van der Waals surface area contributed by atoms with Crippen LogP contribution in [0.25, 0.3) is 11.3 Å². The third-order valence-electron chi connectivity index (χ3n) is 7.41. The van der Waals surface area contributed by atoms with E-state index in [9.17, 15) is 4.79 Å². The first kappa shape index (κ1) is 25.0. The van der Waals surface area contributed by atoms with E-state index in [1.165, 1.54) is 12.0 Å². The summed E-state index contributed by atoms with van der Waals surface area (Å²) < 4.78 is 3.63. The van der Waals surface area contributed by atoms with Gasteiger partial charge < -0.3 is 5.32 Å². The molecule has 2 N–H and O–H groups in total. The van der Waals surface area contributed by atoms with Crippen molar-refractivity contribution in [3.63, 3.8) is 0 Å². The summed E-state index contributed by atoms with van der Waals surface area (Å²) in [4.78, 5) is 23.0. The third-order valence-corrected chi connectivity index (χ3v) is 8.46. The summed E-state index contributed by atoms with van der Waals surface area (Å²) in [6.07, 6.45) is 13.7. The van der Waals surface area contributed by atoms with Gasteiger partial charge in [0.2, 0.25) is 0 Å².